The minimum atomic E-state index is -0.280. The molecule has 1 aliphatic rings. The van der Waals surface area contributed by atoms with Crippen molar-refractivity contribution >= 4 is 39.6 Å². The third-order valence-electron chi connectivity index (χ3n) is 4.90. The highest BCUT2D eigenvalue weighted by molar-refractivity contribution is 7.80. The largest absolute Gasteiger partial charge is 0.465 e. The minimum absolute atomic E-state index is 0.280. The van der Waals surface area contributed by atoms with E-state index in [0.717, 1.165) is 54.9 Å². The third kappa shape index (κ3) is 5.32. The summed E-state index contributed by atoms with van der Waals surface area (Å²) < 4.78 is 6.99. The Kier molecular flexibility index (Phi) is 7.44. The van der Waals surface area contributed by atoms with E-state index in [-0.39, 0.29) is 5.97 Å². The minimum Gasteiger partial charge on any atom is -0.465 e. The molecule has 0 bridgehead atoms. The Morgan fingerprint density at radius 1 is 1.32 bits per heavy atom. The monoisotopic (exact) mass is 420 g/mol. The first-order valence-corrected chi connectivity index (χ1v) is 11.1. The second-order valence-corrected chi connectivity index (χ2v) is 8.64. The van der Waals surface area contributed by atoms with Crippen molar-refractivity contribution in [2.24, 2.45) is 0 Å². The maximum absolute atomic E-state index is 12.4. The summed E-state index contributed by atoms with van der Waals surface area (Å²) in [7, 11) is 1.44. The number of thiocarbonyl (C=S) groups is 1. The van der Waals surface area contributed by atoms with E-state index in [1.165, 1.54) is 31.2 Å². The maximum atomic E-state index is 12.4. The van der Waals surface area contributed by atoms with E-state index < -0.39 is 0 Å². The summed E-state index contributed by atoms with van der Waals surface area (Å²) in [6, 6.07) is 0. The Morgan fingerprint density at radius 2 is 2.11 bits per heavy atom. The fourth-order valence-electron chi connectivity index (χ4n) is 3.51. The van der Waals surface area contributed by atoms with Crippen molar-refractivity contribution in [3.05, 3.63) is 34.0 Å². The van der Waals surface area contributed by atoms with Gasteiger partial charge in [-0.25, -0.2) is 4.79 Å². The van der Waals surface area contributed by atoms with Gasteiger partial charge in [-0.2, -0.15) is 5.10 Å². The van der Waals surface area contributed by atoms with Gasteiger partial charge in [-0.15, -0.1) is 11.3 Å². The predicted octanol–water partition coefficient (Wildman–Crippen LogP) is 4.08. The highest BCUT2D eigenvalue weighted by Crippen LogP contribution is 2.37. The SMILES string of the molecule is COC(=O)c1c(NC(=S)NCCCn2cc(C)cn2)sc2c1CCCCCC2. The van der Waals surface area contributed by atoms with Crippen LogP contribution in [0.5, 0.6) is 0 Å². The van der Waals surface area contributed by atoms with Crippen LogP contribution in [-0.4, -0.2) is 34.5 Å². The Bertz CT molecular complexity index is 828. The zero-order valence-corrected chi connectivity index (χ0v) is 18.2. The molecule has 2 N–H and O–H groups in total. The van der Waals surface area contributed by atoms with Crippen LogP contribution in [0.2, 0.25) is 0 Å². The molecule has 6 nitrogen and oxygen atoms in total. The highest BCUT2D eigenvalue weighted by Gasteiger charge is 2.25. The quantitative estimate of drug-likeness (QED) is 0.417. The van der Waals surface area contributed by atoms with Crippen LogP contribution in [0.15, 0.2) is 12.4 Å². The summed E-state index contributed by atoms with van der Waals surface area (Å²) in [4.78, 5) is 13.7. The number of anilines is 1. The van der Waals surface area contributed by atoms with E-state index in [0.29, 0.717) is 10.7 Å². The molecule has 1 aliphatic carbocycles. The lowest BCUT2D eigenvalue weighted by Crippen LogP contribution is -2.30. The van der Waals surface area contributed by atoms with Crippen molar-refractivity contribution in [3.8, 4) is 0 Å². The van der Waals surface area contributed by atoms with E-state index in [9.17, 15) is 4.79 Å². The number of esters is 1. The summed E-state index contributed by atoms with van der Waals surface area (Å²) in [6.45, 7) is 3.61. The fraction of sp³-hybridized carbons (Fsp3) is 0.550. The molecule has 0 unspecified atom stereocenters. The highest BCUT2D eigenvalue weighted by atomic mass is 32.1. The number of carbonyl (C=O) groups excluding carboxylic acids is 1. The molecular formula is C20H28N4O2S2. The molecular weight excluding hydrogens is 392 g/mol. The van der Waals surface area contributed by atoms with Gasteiger partial charge in [-0.05, 0) is 62.4 Å². The predicted molar refractivity (Wildman–Crippen MR) is 117 cm³/mol. The van der Waals surface area contributed by atoms with Crippen LogP contribution in [0, 0.1) is 6.92 Å². The molecule has 0 atom stereocenters. The Morgan fingerprint density at radius 3 is 2.82 bits per heavy atom. The summed E-state index contributed by atoms with van der Waals surface area (Å²) in [5.41, 5.74) is 2.98. The van der Waals surface area contributed by atoms with Gasteiger partial charge in [0, 0.05) is 24.2 Å². The molecule has 8 heteroatoms. The van der Waals surface area contributed by atoms with Crippen molar-refractivity contribution in [2.75, 3.05) is 19.0 Å². The van der Waals surface area contributed by atoms with Gasteiger partial charge in [0.25, 0.3) is 0 Å². The summed E-state index contributed by atoms with van der Waals surface area (Å²) >= 11 is 7.10. The van der Waals surface area contributed by atoms with Crippen molar-refractivity contribution in [1.82, 2.24) is 15.1 Å². The average Bonchev–Trinajstić information content (AvgIpc) is 3.21. The molecule has 0 radical (unpaired) electrons. The number of thiophene rings is 1. The molecule has 0 aliphatic heterocycles. The number of aromatic nitrogens is 2. The first kappa shape index (κ1) is 20.8. The average molecular weight is 421 g/mol. The molecule has 2 aromatic heterocycles. The van der Waals surface area contributed by atoms with Crippen LogP contribution in [0.3, 0.4) is 0 Å². The Labute approximate surface area is 175 Å². The standard InChI is InChI=1S/C20H28N4O2S2/c1-14-12-22-24(13-14)11-7-10-21-20(27)23-18-17(19(25)26-2)15-8-5-3-4-6-9-16(15)28-18/h12-13H,3-11H2,1-2H3,(H2,21,23,27). The first-order valence-electron chi connectivity index (χ1n) is 9.85. The summed E-state index contributed by atoms with van der Waals surface area (Å²) in [6.07, 6.45) is 11.5. The van der Waals surface area contributed by atoms with Crippen LogP contribution in [0.25, 0.3) is 0 Å². The number of hydrogen-bond donors (Lipinski definition) is 2. The molecule has 3 rings (SSSR count). The van der Waals surface area contributed by atoms with Crippen LogP contribution in [-0.2, 0) is 24.1 Å². The van der Waals surface area contributed by atoms with Gasteiger partial charge >= 0.3 is 5.97 Å². The molecule has 0 saturated heterocycles. The maximum Gasteiger partial charge on any atom is 0.341 e. The number of methoxy groups -OCH3 is 1. The number of rotatable bonds is 6. The molecule has 28 heavy (non-hydrogen) atoms. The van der Waals surface area contributed by atoms with E-state index in [1.54, 1.807) is 11.3 Å². The van der Waals surface area contributed by atoms with Crippen LogP contribution in [0.4, 0.5) is 5.00 Å². The van der Waals surface area contributed by atoms with Gasteiger partial charge in [0.1, 0.15) is 5.00 Å². The second kappa shape index (κ2) is 10.0. The van der Waals surface area contributed by atoms with Crippen molar-refractivity contribution in [3.63, 3.8) is 0 Å². The van der Waals surface area contributed by atoms with Crippen LogP contribution >= 0.6 is 23.6 Å². The van der Waals surface area contributed by atoms with Crippen molar-refractivity contribution in [2.45, 2.75) is 58.4 Å². The number of ether oxygens (including phenoxy) is 1. The lowest BCUT2D eigenvalue weighted by atomic mass is 9.96. The third-order valence-corrected chi connectivity index (χ3v) is 6.35. The smallest absolute Gasteiger partial charge is 0.341 e. The van der Waals surface area contributed by atoms with Gasteiger partial charge in [-0.1, -0.05) is 12.8 Å². The number of fused-ring (bicyclic) bond motifs is 1. The van der Waals surface area contributed by atoms with Crippen LogP contribution in [0.1, 0.15) is 58.5 Å². The number of carbonyl (C=O) groups is 1. The van der Waals surface area contributed by atoms with Gasteiger partial charge in [0.2, 0.25) is 0 Å². The van der Waals surface area contributed by atoms with E-state index >= 15 is 0 Å². The van der Waals surface area contributed by atoms with Crippen LogP contribution < -0.4 is 10.6 Å². The lowest BCUT2D eigenvalue weighted by molar-refractivity contribution is 0.0601. The summed E-state index contributed by atoms with van der Waals surface area (Å²) in [5.74, 6) is -0.280. The molecule has 152 valence electrons. The Balaban J connectivity index is 1.61. The fourth-order valence-corrected chi connectivity index (χ4v) is 5.06. The zero-order valence-electron chi connectivity index (χ0n) is 16.5. The number of nitrogens with one attached hydrogen (secondary N) is 2. The molecule has 0 aromatic carbocycles. The molecule has 0 spiro atoms. The molecule has 0 fully saturated rings. The van der Waals surface area contributed by atoms with Crippen molar-refractivity contribution < 1.29 is 9.53 Å². The molecule has 0 saturated carbocycles. The van der Waals surface area contributed by atoms with Gasteiger partial charge in [0.05, 0.1) is 18.9 Å². The zero-order chi connectivity index (χ0) is 19.9. The Hall–Kier alpha value is -1.93. The van der Waals surface area contributed by atoms with Crippen molar-refractivity contribution in [1.29, 1.82) is 0 Å². The second-order valence-electron chi connectivity index (χ2n) is 7.13. The first-order chi connectivity index (χ1) is 13.6. The molecule has 2 heterocycles. The lowest BCUT2D eigenvalue weighted by Gasteiger charge is -2.12. The summed E-state index contributed by atoms with van der Waals surface area (Å²) in [5, 5.41) is 12.1. The number of nitrogens with zero attached hydrogens (tertiary/aromatic N) is 2. The topological polar surface area (TPSA) is 68.2 Å². The van der Waals surface area contributed by atoms with Gasteiger partial charge < -0.3 is 15.4 Å². The molecule has 2 aromatic rings. The normalized spacial score (nSPS) is 13.9. The number of hydrogen-bond acceptors (Lipinski definition) is 5. The van der Waals surface area contributed by atoms with Gasteiger partial charge in [-0.3, -0.25) is 4.68 Å². The van der Waals surface area contributed by atoms with Gasteiger partial charge in [0.15, 0.2) is 5.11 Å². The van der Waals surface area contributed by atoms with E-state index in [1.807, 2.05) is 24.0 Å². The van der Waals surface area contributed by atoms with E-state index in [4.69, 9.17) is 17.0 Å². The molecule has 0 amide bonds. The van der Waals surface area contributed by atoms with E-state index in [2.05, 4.69) is 15.7 Å². The number of aryl methyl sites for hydroxylation is 3.